The van der Waals surface area contributed by atoms with Gasteiger partial charge in [0, 0.05) is 0 Å². The van der Waals surface area contributed by atoms with Crippen LogP contribution in [0.25, 0.3) is 0 Å². The van der Waals surface area contributed by atoms with Crippen molar-refractivity contribution in [1.29, 1.82) is 0 Å². The highest BCUT2D eigenvalue weighted by molar-refractivity contribution is 6.16. The molecule has 6 heteroatoms. The first-order chi connectivity index (χ1) is 9.63. The number of carbonyl (C=O) groups excluding carboxylic acids is 3. The Kier molecular flexibility index (Phi) is 5.11. The van der Waals surface area contributed by atoms with Crippen molar-refractivity contribution >= 4 is 17.8 Å². The van der Waals surface area contributed by atoms with Gasteiger partial charge >= 0.3 is 6.03 Å². The number of hydrogen-bond acceptors (Lipinski definition) is 4. The van der Waals surface area contributed by atoms with Gasteiger partial charge in [0.1, 0.15) is 5.92 Å². The second kappa shape index (κ2) is 6.83. The number of urea groups is 1. The molecule has 2 fully saturated rings. The molecule has 0 radical (unpaired) electrons. The zero-order valence-corrected chi connectivity index (χ0v) is 11.9. The Labute approximate surface area is 118 Å². The van der Waals surface area contributed by atoms with Crippen molar-refractivity contribution < 1.29 is 19.1 Å². The second-order valence-electron chi connectivity index (χ2n) is 5.40. The van der Waals surface area contributed by atoms with Gasteiger partial charge in [0.2, 0.25) is 11.8 Å². The molecule has 112 valence electrons. The quantitative estimate of drug-likeness (QED) is 0.748. The van der Waals surface area contributed by atoms with Gasteiger partial charge in [-0.3, -0.25) is 19.8 Å². The van der Waals surface area contributed by atoms with Gasteiger partial charge in [-0.2, -0.15) is 0 Å². The average Bonchev–Trinajstić information content (AvgIpc) is 2.91. The largest absolute Gasteiger partial charge is 0.376 e. The first kappa shape index (κ1) is 15.0. The third kappa shape index (κ3) is 3.36. The van der Waals surface area contributed by atoms with E-state index < -0.39 is 23.8 Å². The lowest BCUT2D eigenvalue weighted by Crippen LogP contribution is -2.58. The van der Waals surface area contributed by atoms with E-state index in [1.165, 1.54) is 12.8 Å². The van der Waals surface area contributed by atoms with Gasteiger partial charge in [-0.05, 0) is 19.3 Å². The zero-order valence-electron chi connectivity index (χ0n) is 11.9. The molecule has 1 atom stereocenters. The third-order valence-corrected chi connectivity index (χ3v) is 3.90. The number of hydrogen-bond donors (Lipinski definition) is 1. The van der Waals surface area contributed by atoms with Crippen LogP contribution in [0.3, 0.4) is 0 Å². The summed E-state index contributed by atoms with van der Waals surface area (Å²) in [7, 11) is 0. The summed E-state index contributed by atoms with van der Waals surface area (Å²) < 4.78 is 5.67. The molecule has 1 N–H and O–H groups in total. The fourth-order valence-corrected chi connectivity index (χ4v) is 2.78. The molecule has 2 aliphatic rings. The predicted octanol–water partition coefficient (Wildman–Crippen LogP) is 1.44. The predicted molar refractivity (Wildman–Crippen MR) is 71.9 cm³/mol. The fourth-order valence-electron chi connectivity index (χ4n) is 2.78. The second-order valence-corrected chi connectivity index (χ2v) is 5.40. The Bertz CT molecular complexity index is 391. The molecular formula is C14H22N2O4. The molecule has 1 aliphatic carbocycles. The minimum Gasteiger partial charge on any atom is -0.376 e. The van der Waals surface area contributed by atoms with E-state index in [4.69, 9.17) is 4.74 Å². The highest BCUT2D eigenvalue weighted by Crippen LogP contribution is 2.21. The molecule has 1 unspecified atom stereocenters. The molecule has 6 nitrogen and oxygen atoms in total. The number of ether oxygens (including phenoxy) is 1. The normalized spacial score (nSPS) is 24.4. The van der Waals surface area contributed by atoms with Gasteiger partial charge < -0.3 is 4.74 Å². The van der Waals surface area contributed by atoms with Crippen molar-refractivity contribution in [2.24, 2.45) is 5.92 Å². The molecule has 4 amide bonds. The van der Waals surface area contributed by atoms with Gasteiger partial charge in [-0.15, -0.1) is 0 Å². The van der Waals surface area contributed by atoms with E-state index in [2.05, 4.69) is 5.32 Å². The van der Waals surface area contributed by atoms with Crippen LogP contribution in [-0.2, 0) is 14.3 Å². The first-order valence-electron chi connectivity index (χ1n) is 7.41. The van der Waals surface area contributed by atoms with E-state index in [1.807, 2.05) is 6.92 Å². The molecule has 1 saturated heterocycles. The lowest BCUT2D eigenvalue weighted by atomic mass is 9.99. The number of imide groups is 2. The van der Waals surface area contributed by atoms with E-state index in [-0.39, 0.29) is 12.6 Å². The Morgan fingerprint density at radius 2 is 1.95 bits per heavy atom. The van der Waals surface area contributed by atoms with Crippen LogP contribution < -0.4 is 5.32 Å². The highest BCUT2D eigenvalue weighted by atomic mass is 16.5. The van der Waals surface area contributed by atoms with Gasteiger partial charge in [-0.25, -0.2) is 4.79 Å². The molecule has 1 saturated carbocycles. The smallest absolute Gasteiger partial charge is 0.330 e. The average molecular weight is 282 g/mol. The van der Waals surface area contributed by atoms with E-state index in [0.717, 1.165) is 24.2 Å². The summed E-state index contributed by atoms with van der Waals surface area (Å²) in [6.45, 7) is 2.47. The standard InChI is InChI=1S/C14H22N2O4/c1-2-5-11-12(17)15-14(19)16(13(11)18)8-9-20-10-6-3-4-7-10/h10-11H,2-9H2,1H3,(H,15,17,19). The summed E-state index contributed by atoms with van der Waals surface area (Å²) in [5.74, 6) is -1.60. The number of amides is 4. The van der Waals surface area contributed by atoms with Gasteiger partial charge in [-0.1, -0.05) is 26.2 Å². The minimum atomic E-state index is -0.732. The van der Waals surface area contributed by atoms with E-state index in [0.29, 0.717) is 13.0 Å². The summed E-state index contributed by atoms with van der Waals surface area (Å²) in [6, 6.07) is -0.623. The molecule has 0 bridgehead atoms. The van der Waals surface area contributed by atoms with Gasteiger partial charge in [0.05, 0.1) is 19.3 Å². The third-order valence-electron chi connectivity index (χ3n) is 3.90. The van der Waals surface area contributed by atoms with Crippen LogP contribution in [0.2, 0.25) is 0 Å². The molecule has 0 spiro atoms. The fraction of sp³-hybridized carbons (Fsp3) is 0.786. The highest BCUT2D eigenvalue weighted by Gasteiger charge is 2.39. The number of barbiturate groups is 1. The Hall–Kier alpha value is -1.43. The maximum absolute atomic E-state index is 12.2. The Morgan fingerprint density at radius 3 is 2.60 bits per heavy atom. The molecule has 0 aromatic carbocycles. The maximum Gasteiger partial charge on any atom is 0.330 e. The number of nitrogens with one attached hydrogen (secondary N) is 1. The number of carbonyl (C=O) groups is 3. The van der Waals surface area contributed by atoms with Crippen LogP contribution in [0.15, 0.2) is 0 Å². The lowest BCUT2D eigenvalue weighted by Gasteiger charge is -2.30. The topological polar surface area (TPSA) is 75.7 Å². The summed E-state index contributed by atoms with van der Waals surface area (Å²) in [4.78, 5) is 36.6. The molecule has 1 aliphatic heterocycles. The summed E-state index contributed by atoms with van der Waals surface area (Å²) >= 11 is 0. The van der Waals surface area contributed by atoms with Crippen molar-refractivity contribution in [2.75, 3.05) is 13.2 Å². The molecular weight excluding hydrogens is 260 g/mol. The van der Waals surface area contributed by atoms with E-state index >= 15 is 0 Å². The molecule has 2 rings (SSSR count). The van der Waals surface area contributed by atoms with Crippen LogP contribution in [0.1, 0.15) is 45.4 Å². The minimum absolute atomic E-state index is 0.217. The molecule has 1 heterocycles. The SMILES string of the molecule is CCCC1C(=O)NC(=O)N(CCOC2CCCC2)C1=O. The monoisotopic (exact) mass is 282 g/mol. The number of nitrogens with zero attached hydrogens (tertiary/aromatic N) is 1. The lowest BCUT2D eigenvalue weighted by molar-refractivity contribution is -0.143. The first-order valence-corrected chi connectivity index (χ1v) is 7.41. The molecule has 0 aromatic rings. The maximum atomic E-state index is 12.2. The molecule has 0 aromatic heterocycles. The van der Waals surface area contributed by atoms with Crippen molar-refractivity contribution in [3.63, 3.8) is 0 Å². The van der Waals surface area contributed by atoms with Crippen LogP contribution in [0.4, 0.5) is 4.79 Å². The van der Waals surface area contributed by atoms with Crippen LogP contribution in [-0.4, -0.2) is 42.0 Å². The zero-order chi connectivity index (χ0) is 14.5. The summed E-state index contributed by atoms with van der Waals surface area (Å²) in [5.41, 5.74) is 0. The molecule has 20 heavy (non-hydrogen) atoms. The Balaban J connectivity index is 1.86. The summed E-state index contributed by atoms with van der Waals surface area (Å²) in [5, 5.41) is 2.24. The van der Waals surface area contributed by atoms with E-state index in [9.17, 15) is 14.4 Å². The van der Waals surface area contributed by atoms with Crippen LogP contribution in [0.5, 0.6) is 0 Å². The summed E-state index contributed by atoms with van der Waals surface area (Å²) in [6.07, 6.45) is 5.92. The Morgan fingerprint density at radius 1 is 1.25 bits per heavy atom. The van der Waals surface area contributed by atoms with Crippen molar-refractivity contribution in [2.45, 2.75) is 51.6 Å². The number of rotatable bonds is 6. The van der Waals surface area contributed by atoms with Crippen molar-refractivity contribution in [3.8, 4) is 0 Å². The van der Waals surface area contributed by atoms with Crippen molar-refractivity contribution in [1.82, 2.24) is 10.2 Å². The van der Waals surface area contributed by atoms with Gasteiger partial charge in [0.15, 0.2) is 0 Å². The van der Waals surface area contributed by atoms with Crippen LogP contribution in [0, 0.1) is 5.92 Å². The van der Waals surface area contributed by atoms with E-state index in [1.54, 1.807) is 0 Å². The van der Waals surface area contributed by atoms with Crippen LogP contribution >= 0.6 is 0 Å². The van der Waals surface area contributed by atoms with Crippen molar-refractivity contribution in [3.05, 3.63) is 0 Å². The van der Waals surface area contributed by atoms with Gasteiger partial charge in [0.25, 0.3) is 0 Å².